The maximum atomic E-state index is 12.9. The highest BCUT2D eigenvalue weighted by molar-refractivity contribution is 5.76. The van der Waals surface area contributed by atoms with E-state index < -0.39 is 11.9 Å². The quantitative estimate of drug-likeness (QED) is 0.803. The zero-order chi connectivity index (χ0) is 16.7. The molecule has 2 aromatic rings. The standard InChI is InChI=1S/C18H19FO4/c1-2-22-15-4-3-5-16(12-15)23-11-10-17(18(20)21)13-6-8-14(19)9-7-13/h3-9,12,17H,2,10-11H2,1H3,(H,20,21). The summed E-state index contributed by atoms with van der Waals surface area (Å²) in [6.45, 7) is 2.70. The fourth-order valence-electron chi connectivity index (χ4n) is 2.24. The van der Waals surface area contributed by atoms with E-state index in [-0.39, 0.29) is 12.4 Å². The lowest BCUT2D eigenvalue weighted by Crippen LogP contribution is -2.15. The van der Waals surface area contributed by atoms with Crippen LogP contribution in [0.5, 0.6) is 11.5 Å². The minimum atomic E-state index is -0.955. The lowest BCUT2D eigenvalue weighted by atomic mass is 9.96. The molecule has 0 radical (unpaired) electrons. The van der Waals surface area contributed by atoms with Crippen molar-refractivity contribution in [1.82, 2.24) is 0 Å². The molecule has 122 valence electrons. The number of halogens is 1. The average Bonchev–Trinajstić information content (AvgIpc) is 2.53. The van der Waals surface area contributed by atoms with Gasteiger partial charge in [0.2, 0.25) is 0 Å². The average molecular weight is 318 g/mol. The molecule has 1 unspecified atom stereocenters. The van der Waals surface area contributed by atoms with Crippen LogP contribution in [0, 0.1) is 5.82 Å². The molecule has 2 rings (SSSR count). The predicted molar refractivity (Wildman–Crippen MR) is 84.5 cm³/mol. The van der Waals surface area contributed by atoms with Gasteiger partial charge in [-0.3, -0.25) is 4.79 Å². The van der Waals surface area contributed by atoms with Crippen LogP contribution in [0.1, 0.15) is 24.8 Å². The number of benzene rings is 2. The minimum absolute atomic E-state index is 0.240. The summed E-state index contributed by atoms with van der Waals surface area (Å²) in [5.41, 5.74) is 0.561. The Morgan fingerprint density at radius 2 is 1.78 bits per heavy atom. The van der Waals surface area contributed by atoms with Crippen LogP contribution < -0.4 is 9.47 Å². The second-order valence-electron chi connectivity index (χ2n) is 4.99. The summed E-state index contributed by atoms with van der Waals surface area (Å²) >= 11 is 0. The first-order chi connectivity index (χ1) is 11.1. The van der Waals surface area contributed by atoms with Crippen LogP contribution >= 0.6 is 0 Å². The molecule has 0 amide bonds. The van der Waals surface area contributed by atoms with Crippen LogP contribution in [-0.2, 0) is 4.79 Å². The van der Waals surface area contributed by atoms with Gasteiger partial charge >= 0.3 is 5.97 Å². The Kier molecular flexibility index (Phi) is 5.97. The summed E-state index contributed by atoms with van der Waals surface area (Å²) in [5, 5.41) is 9.34. The summed E-state index contributed by atoms with van der Waals surface area (Å²) < 4.78 is 23.9. The SMILES string of the molecule is CCOc1cccc(OCCC(C(=O)O)c2ccc(F)cc2)c1. The van der Waals surface area contributed by atoms with E-state index in [9.17, 15) is 14.3 Å². The zero-order valence-corrected chi connectivity index (χ0v) is 12.9. The number of aliphatic carboxylic acids is 1. The third kappa shape index (κ3) is 4.98. The van der Waals surface area contributed by atoms with Crippen LogP contribution in [0.15, 0.2) is 48.5 Å². The number of ether oxygens (including phenoxy) is 2. The van der Waals surface area contributed by atoms with Crippen LogP contribution in [-0.4, -0.2) is 24.3 Å². The Morgan fingerprint density at radius 1 is 1.13 bits per heavy atom. The molecule has 23 heavy (non-hydrogen) atoms. The maximum Gasteiger partial charge on any atom is 0.311 e. The van der Waals surface area contributed by atoms with Crippen molar-refractivity contribution >= 4 is 5.97 Å². The van der Waals surface area contributed by atoms with Crippen LogP contribution in [0.25, 0.3) is 0 Å². The molecule has 0 fully saturated rings. The molecule has 0 saturated heterocycles. The van der Waals surface area contributed by atoms with Crippen molar-refractivity contribution in [3.05, 3.63) is 59.9 Å². The predicted octanol–water partition coefficient (Wildman–Crippen LogP) is 3.86. The molecule has 2 aromatic carbocycles. The maximum absolute atomic E-state index is 12.9. The Labute approximate surface area is 134 Å². The van der Waals surface area contributed by atoms with Gasteiger partial charge in [-0.15, -0.1) is 0 Å². The van der Waals surface area contributed by atoms with E-state index in [1.54, 1.807) is 12.1 Å². The van der Waals surface area contributed by atoms with Crippen molar-refractivity contribution in [2.45, 2.75) is 19.3 Å². The van der Waals surface area contributed by atoms with Crippen molar-refractivity contribution < 1.29 is 23.8 Å². The Balaban J connectivity index is 1.95. The van der Waals surface area contributed by atoms with Crippen molar-refractivity contribution in [2.24, 2.45) is 0 Å². The smallest absolute Gasteiger partial charge is 0.311 e. The summed E-state index contributed by atoms with van der Waals surface area (Å²) in [6.07, 6.45) is 0.291. The number of carboxylic acids is 1. The molecule has 0 aromatic heterocycles. The molecule has 0 aliphatic heterocycles. The molecule has 5 heteroatoms. The van der Waals surface area contributed by atoms with Gasteiger partial charge in [0.1, 0.15) is 17.3 Å². The van der Waals surface area contributed by atoms with E-state index in [4.69, 9.17) is 9.47 Å². The van der Waals surface area contributed by atoms with Crippen molar-refractivity contribution in [2.75, 3.05) is 13.2 Å². The van der Waals surface area contributed by atoms with Crippen molar-refractivity contribution in [1.29, 1.82) is 0 Å². The fourth-order valence-corrected chi connectivity index (χ4v) is 2.24. The van der Waals surface area contributed by atoms with E-state index in [1.165, 1.54) is 24.3 Å². The Bertz CT molecular complexity index is 640. The van der Waals surface area contributed by atoms with Crippen LogP contribution in [0.3, 0.4) is 0 Å². The van der Waals surface area contributed by atoms with Crippen molar-refractivity contribution in [3.63, 3.8) is 0 Å². The highest BCUT2D eigenvalue weighted by Gasteiger charge is 2.19. The first kappa shape index (κ1) is 16.8. The summed E-state index contributed by atoms with van der Waals surface area (Å²) in [6, 6.07) is 12.7. The molecule has 1 atom stereocenters. The molecular formula is C18H19FO4. The molecule has 0 heterocycles. The van der Waals surface area contributed by atoms with Crippen molar-refractivity contribution in [3.8, 4) is 11.5 Å². The summed E-state index contributed by atoms with van der Waals surface area (Å²) in [4.78, 5) is 11.4. The van der Waals surface area contributed by atoms with E-state index in [1.807, 2.05) is 19.1 Å². The second-order valence-corrected chi connectivity index (χ2v) is 4.99. The number of hydrogen-bond acceptors (Lipinski definition) is 3. The summed E-state index contributed by atoms with van der Waals surface area (Å²) in [7, 11) is 0. The van der Waals surface area contributed by atoms with Gasteiger partial charge in [0.15, 0.2) is 0 Å². The van der Waals surface area contributed by atoms with Gasteiger partial charge in [-0.1, -0.05) is 18.2 Å². The monoisotopic (exact) mass is 318 g/mol. The van der Waals surface area contributed by atoms with Crippen LogP contribution in [0.2, 0.25) is 0 Å². The van der Waals surface area contributed by atoms with Crippen LogP contribution in [0.4, 0.5) is 4.39 Å². The van der Waals surface area contributed by atoms with Gasteiger partial charge in [-0.05, 0) is 43.2 Å². The highest BCUT2D eigenvalue weighted by atomic mass is 19.1. The first-order valence-electron chi connectivity index (χ1n) is 7.44. The molecule has 0 spiro atoms. The first-order valence-corrected chi connectivity index (χ1v) is 7.44. The molecule has 0 bridgehead atoms. The Hall–Kier alpha value is -2.56. The summed E-state index contributed by atoms with van der Waals surface area (Å²) in [5.74, 6) is -0.742. The molecule has 4 nitrogen and oxygen atoms in total. The third-order valence-electron chi connectivity index (χ3n) is 3.36. The molecular weight excluding hydrogens is 299 g/mol. The molecule has 0 saturated carbocycles. The topological polar surface area (TPSA) is 55.8 Å². The number of carboxylic acid groups (broad SMARTS) is 1. The lowest BCUT2D eigenvalue weighted by Gasteiger charge is -2.14. The Morgan fingerprint density at radius 3 is 2.39 bits per heavy atom. The molecule has 1 N–H and O–H groups in total. The number of carbonyl (C=O) groups is 1. The minimum Gasteiger partial charge on any atom is -0.494 e. The van der Waals surface area contributed by atoms with Gasteiger partial charge < -0.3 is 14.6 Å². The normalized spacial score (nSPS) is 11.7. The van der Waals surface area contributed by atoms with Gasteiger partial charge in [-0.2, -0.15) is 0 Å². The van der Waals surface area contributed by atoms with Gasteiger partial charge in [0.05, 0.1) is 19.1 Å². The largest absolute Gasteiger partial charge is 0.494 e. The van der Waals surface area contributed by atoms with E-state index in [0.29, 0.717) is 30.1 Å². The van der Waals surface area contributed by atoms with E-state index >= 15 is 0 Å². The van der Waals surface area contributed by atoms with Gasteiger partial charge in [-0.25, -0.2) is 4.39 Å². The zero-order valence-electron chi connectivity index (χ0n) is 12.9. The number of rotatable bonds is 8. The highest BCUT2D eigenvalue weighted by Crippen LogP contribution is 2.23. The van der Waals surface area contributed by atoms with E-state index in [2.05, 4.69) is 0 Å². The van der Waals surface area contributed by atoms with E-state index in [0.717, 1.165) is 0 Å². The van der Waals surface area contributed by atoms with Gasteiger partial charge in [0.25, 0.3) is 0 Å². The molecule has 0 aliphatic rings. The number of hydrogen-bond donors (Lipinski definition) is 1. The molecule has 0 aliphatic carbocycles. The lowest BCUT2D eigenvalue weighted by molar-refractivity contribution is -0.139. The fraction of sp³-hybridized carbons (Fsp3) is 0.278. The van der Waals surface area contributed by atoms with Gasteiger partial charge in [0, 0.05) is 6.07 Å². The third-order valence-corrected chi connectivity index (χ3v) is 3.36. The second kappa shape index (κ2) is 8.17.